The summed E-state index contributed by atoms with van der Waals surface area (Å²) < 4.78 is 5.57. The Hall–Kier alpha value is -2.44. The Morgan fingerprint density at radius 3 is 2.17 bits per heavy atom. The van der Waals surface area contributed by atoms with E-state index in [9.17, 15) is 0 Å². The highest BCUT2D eigenvalue weighted by atomic mass is 16.5. The standard InChI is InChI=1S/C29H49N5O.3C2H6.CH4/c1-10-25-15-16-26(32-29(25)30-8)14-12-13-18-34(21-24(7)35-9)19-17-27(23(5)6)33-28(31-11-2)20-22(3)4;3*1-2;/h11,15-16,20,24,27H,2,5,10,12-14,17-19,21H2,1,3-4,6-9H3,(H,30,32)(H,31,33);3*1-2H3;1H4/t24-,27?;;;;/m1..../s1. The summed E-state index contributed by atoms with van der Waals surface area (Å²) in [5.41, 5.74) is 4.68. The number of nitrogens with one attached hydrogen (secondary N) is 2. The maximum atomic E-state index is 5.57. The number of hydrogen-bond acceptors (Lipinski definition) is 5. The van der Waals surface area contributed by atoms with Gasteiger partial charge in [-0.25, -0.2) is 4.98 Å². The second-order valence-corrected chi connectivity index (χ2v) is 9.45. The number of aryl methyl sites for hydroxylation is 2. The molecular formula is C36H71N5O. The molecule has 1 unspecified atom stereocenters. The molecule has 0 bridgehead atoms. The summed E-state index contributed by atoms with van der Waals surface area (Å²) in [7, 11) is 3.72. The Morgan fingerprint density at radius 2 is 1.69 bits per heavy atom. The first-order chi connectivity index (χ1) is 19.7. The Morgan fingerprint density at radius 1 is 1.07 bits per heavy atom. The third-order valence-corrected chi connectivity index (χ3v) is 5.99. The van der Waals surface area contributed by atoms with Gasteiger partial charge in [0, 0.05) is 32.9 Å². The number of unbranched alkanes of at least 4 members (excludes halogenated alkanes) is 1. The number of hydrogen-bond donors (Lipinski definition) is 2. The topological polar surface area (TPSA) is 61.8 Å². The summed E-state index contributed by atoms with van der Waals surface area (Å²) in [5.74, 6) is 1.83. The van der Waals surface area contributed by atoms with Gasteiger partial charge in [-0.15, -0.1) is 0 Å². The molecule has 2 N–H and O–H groups in total. The fraction of sp³-hybridized carbons (Fsp3) is 0.667. The van der Waals surface area contributed by atoms with Crippen LogP contribution < -0.4 is 10.6 Å². The molecule has 1 rings (SSSR count). The number of ether oxygens (including phenoxy) is 1. The van der Waals surface area contributed by atoms with Crippen molar-refractivity contribution >= 4 is 11.7 Å². The number of aromatic nitrogens is 1. The average Bonchev–Trinajstić information content (AvgIpc) is 2.99. The van der Waals surface area contributed by atoms with Crippen LogP contribution in [0.1, 0.15) is 114 Å². The first-order valence-electron chi connectivity index (χ1n) is 15.9. The molecule has 0 radical (unpaired) electrons. The number of allylic oxidation sites excluding steroid dienone is 1. The second kappa shape index (κ2) is 31.5. The van der Waals surface area contributed by atoms with Crippen LogP contribution in [0.2, 0.25) is 0 Å². The normalized spacial score (nSPS) is 11.5. The molecule has 42 heavy (non-hydrogen) atoms. The van der Waals surface area contributed by atoms with Gasteiger partial charge in [-0.2, -0.15) is 0 Å². The highest BCUT2D eigenvalue weighted by Crippen LogP contribution is 2.16. The van der Waals surface area contributed by atoms with Crippen LogP contribution in [0.4, 0.5) is 5.82 Å². The van der Waals surface area contributed by atoms with Gasteiger partial charge in [-0.1, -0.05) is 86.3 Å². The van der Waals surface area contributed by atoms with Gasteiger partial charge in [0.05, 0.1) is 12.1 Å². The largest absolute Gasteiger partial charge is 0.380 e. The van der Waals surface area contributed by atoms with Gasteiger partial charge in [0.15, 0.2) is 0 Å². The molecular weight excluding hydrogens is 518 g/mol. The van der Waals surface area contributed by atoms with Gasteiger partial charge in [-0.3, -0.25) is 4.99 Å². The van der Waals surface area contributed by atoms with Crippen molar-refractivity contribution in [1.29, 1.82) is 0 Å². The lowest BCUT2D eigenvalue weighted by Crippen LogP contribution is -2.35. The maximum absolute atomic E-state index is 5.57. The third kappa shape index (κ3) is 22.2. The fourth-order valence-corrected chi connectivity index (χ4v) is 3.93. The SMILES string of the molecule is C.C=CNC(C=C(C)C)=NC(CCN(CCCCc1ccc(CC)c(NC)n1)C[C@@H](C)OC)C(=C)C.CC.CC.CC. The van der Waals surface area contributed by atoms with Gasteiger partial charge in [0.1, 0.15) is 11.7 Å². The minimum absolute atomic E-state index is 0. The van der Waals surface area contributed by atoms with E-state index in [2.05, 4.69) is 75.4 Å². The van der Waals surface area contributed by atoms with Crippen LogP contribution in [0.15, 0.2) is 53.7 Å². The van der Waals surface area contributed by atoms with E-state index < -0.39 is 0 Å². The summed E-state index contributed by atoms with van der Waals surface area (Å²) in [6.07, 6.45) is 9.02. The lowest BCUT2D eigenvalue weighted by Gasteiger charge is -2.27. The first-order valence-corrected chi connectivity index (χ1v) is 15.9. The molecule has 1 aromatic heterocycles. The molecule has 0 fully saturated rings. The molecule has 0 aliphatic heterocycles. The monoisotopic (exact) mass is 590 g/mol. The lowest BCUT2D eigenvalue weighted by atomic mass is 10.1. The van der Waals surface area contributed by atoms with Crippen LogP contribution in [-0.2, 0) is 17.6 Å². The number of pyridine rings is 1. The van der Waals surface area contributed by atoms with Crippen LogP contribution in [0.25, 0.3) is 0 Å². The van der Waals surface area contributed by atoms with Crippen molar-refractivity contribution in [2.24, 2.45) is 4.99 Å². The zero-order chi connectivity index (χ0) is 32.2. The number of rotatable bonds is 17. The Bertz CT molecular complexity index is 843. The minimum atomic E-state index is 0. The highest BCUT2D eigenvalue weighted by molar-refractivity contribution is 5.94. The zero-order valence-electron chi connectivity index (χ0n) is 29.3. The predicted molar refractivity (Wildman–Crippen MR) is 193 cm³/mol. The van der Waals surface area contributed by atoms with Crippen molar-refractivity contribution in [1.82, 2.24) is 15.2 Å². The first kappa shape index (κ1) is 46.5. The van der Waals surface area contributed by atoms with Gasteiger partial charge < -0.3 is 20.3 Å². The molecule has 2 atom stereocenters. The number of aliphatic imine (C=N–C) groups is 1. The van der Waals surface area contributed by atoms with Crippen molar-refractivity contribution in [2.45, 2.75) is 128 Å². The number of amidine groups is 1. The lowest BCUT2D eigenvalue weighted by molar-refractivity contribution is 0.0755. The van der Waals surface area contributed by atoms with E-state index in [1.807, 2.05) is 54.7 Å². The Balaban J connectivity index is -0.000000964. The summed E-state index contributed by atoms with van der Waals surface area (Å²) in [4.78, 5) is 12.2. The molecule has 0 aromatic carbocycles. The molecule has 0 spiro atoms. The van der Waals surface area contributed by atoms with E-state index in [-0.39, 0.29) is 19.6 Å². The molecule has 0 saturated heterocycles. The summed E-state index contributed by atoms with van der Waals surface area (Å²) in [6.45, 7) is 33.3. The molecule has 1 aromatic rings. The predicted octanol–water partition coefficient (Wildman–Crippen LogP) is 9.49. The van der Waals surface area contributed by atoms with Crippen molar-refractivity contribution in [3.63, 3.8) is 0 Å². The van der Waals surface area contributed by atoms with Crippen LogP contribution in [0.5, 0.6) is 0 Å². The third-order valence-electron chi connectivity index (χ3n) is 5.99. The number of methoxy groups -OCH3 is 1. The van der Waals surface area contributed by atoms with Gasteiger partial charge in [0.25, 0.3) is 0 Å². The Labute approximate surface area is 263 Å². The van der Waals surface area contributed by atoms with Crippen molar-refractivity contribution in [3.05, 3.63) is 60.0 Å². The molecule has 0 aliphatic rings. The van der Waals surface area contributed by atoms with Gasteiger partial charge in [0.2, 0.25) is 0 Å². The van der Waals surface area contributed by atoms with E-state index in [4.69, 9.17) is 14.7 Å². The number of nitrogens with zero attached hydrogens (tertiary/aromatic N) is 3. The van der Waals surface area contributed by atoms with Crippen LogP contribution >= 0.6 is 0 Å². The zero-order valence-corrected chi connectivity index (χ0v) is 29.3. The average molecular weight is 590 g/mol. The van der Waals surface area contributed by atoms with E-state index >= 15 is 0 Å². The van der Waals surface area contributed by atoms with Gasteiger partial charge >= 0.3 is 0 Å². The molecule has 1 heterocycles. The maximum Gasteiger partial charge on any atom is 0.129 e. The van der Waals surface area contributed by atoms with Crippen molar-refractivity contribution in [2.75, 3.05) is 39.1 Å². The Kier molecular flexibility index (Phi) is 34.9. The molecule has 0 aliphatic carbocycles. The molecule has 0 amide bonds. The summed E-state index contributed by atoms with van der Waals surface area (Å²) >= 11 is 0. The number of anilines is 1. The van der Waals surface area contributed by atoms with Crippen LogP contribution in [-0.4, -0.2) is 61.7 Å². The molecule has 0 saturated carbocycles. The van der Waals surface area contributed by atoms with Crippen molar-refractivity contribution < 1.29 is 4.74 Å². The van der Waals surface area contributed by atoms with Crippen LogP contribution in [0.3, 0.4) is 0 Å². The van der Waals surface area contributed by atoms with E-state index in [0.717, 1.165) is 74.7 Å². The van der Waals surface area contributed by atoms with E-state index in [1.165, 1.54) is 11.1 Å². The smallest absolute Gasteiger partial charge is 0.129 e. The molecule has 6 heteroatoms. The fourth-order valence-electron chi connectivity index (χ4n) is 3.93. The second-order valence-electron chi connectivity index (χ2n) is 9.45. The molecule has 246 valence electrons. The minimum Gasteiger partial charge on any atom is -0.380 e. The summed E-state index contributed by atoms with van der Waals surface area (Å²) in [6, 6.07) is 4.42. The van der Waals surface area contributed by atoms with Crippen LogP contribution in [0, 0.1) is 0 Å². The van der Waals surface area contributed by atoms with E-state index in [1.54, 1.807) is 13.3 Å². The quantitative estimate of drug-likeness (QED) is 0.0820. The van der Waals surface area contributed by atoms with Gasteiger partial charge in [-0.05, 0) is 90.2 Å². The van der Waals surface area contributed by atoms with Crippen molar-refractivity contribution in [3.8, 4) is 0 Å². The molecule has 6 nitrogen and oxygen atoms in total. The highest BCUT2D eigenvalue weighted by Gasteiger charge is 2.15. The summed E-state index contributed by atoms with van der Waals surface area (Å²) in [5, 5.41) is 6.38. The van der Waals surface area contributed by atoms with E-state index in [0.29, 0.717) is 0 Å².